The molecule has 5 heteroatoms. The smallest absolute Gasteiger partial charge is 0.226 e. The van der Waals surface area contributed by atoms with Crippen LogP contribution in [0.2, 0.25) is 0 Å². The molecule has 5 nitrogen and oxygen atoms in total. The van der Waals surface area contributed by atoms with Gasteiger partial charge in [0.05, 0.1) is 13.3 Å². The summed E-state index contributed by atoms with van der Waals surface area (Å²) in [5.74, 6) is 1.57. The monoisotopic (exact) mass is 257 g/mol. The fourth-order valence-corrected chi connectivity index (χ4v) is 2.57. The summed E-state index contributed by atoms with van der Waals surface area (Å²) in [5, 5.41) is 7.09. The molecule has 2 aromatic rings. The van der Waals surface area contributed by atoms with Gasteiger partial charge in [-0.2, -0.15) is 5.10 Å². The van der Waals surface area contributed by atoms with Crippen molar-refractivity contribution in [2.75, 3.05) is 12.4 Å². The molecule has 0 unspecified atom stereocenters. The second-order valence-corrected chi connectivity index (χ2v) is 4.62. The number of nitrogens with one attached hydrogen (secondary N) is 1. The van der Waals surface area contributed by atoms with Crippen LogP contribution < -0.4 is 10.1 Å². The summed E-state index contributed by atoms with van der Waals surface area (Å²) < 4.78 is 7.09. The van der Waals surface area contributed by atoms with Gasteiger partial charge in [-0.15, -0.1) is 0 Å². The third-order valence-corrected chi connectivity index (χ3v) is 3.50. The van der Waals surface area contributed by atoms with E-state index in [-0.39, 0.29) is 11.8 Å². The number of benzene rings is 1. The minimum atomic E-state index is -0.00593. The summed E-state index contributed by atoms with van der Waals surface area (Å²) in [6, 6.07) is 7.80. The highest BCUT2D eigenvalue weighted by Crippen LogP contribution is 2.40. The quantitative estimate of drug-likeness (QED) is 0.894. The first-order valence-electron chi connectivity index (χ1n) is 6.15. The Morgan fingerprint density at radius 3 is 2.95 bits per heavy atom. The van der Waals surface area contributed by atoms with Gasteiger partial charge in [-0.05, 0) is 6.07 Å². The van der Waals surface area contributed by atoms with Crippen LogP contribution in [0.5, 0.6) is 5.75 Å². The largest absolute Gasteiger partial charge is 0.496 e. The van der Waals surface area contributed by atoms with Crippen molar-refractivity contribution < 1.29 is 9.53 Å². The molecule has 1 atom stereocenters. The Labute approximate surface area is 111 Å². The first kappa shape index (κ1) is 11.8. The van der Waals surface area contributed by atoms with Gasteiger partial charge in [0.15, 0.2) is 0 Å². The van der Waals surface area contributed by atoms with Crippen LogP contribution in [0.4, 0.5) is 5.82 Å². The van der Waals surface area contributed by atoms with Crippen molar-refractivity contribution in [2.45, 2.75) is 12.3 Å². The van der Waals surface area contributed by atoms with Gasteiger partial charge in [0.2, 0.25) is 5.91 Å². The summed E-state index contributed by atoms with van der Waals surface area (Å²) in [6.45, 7) is 0. The zero-order valence-electron chi connectivity index (χ0n) is 10.9. The van der Waals surface area contributed by atoms with E-state index in [9.17, 15) is 4.79 Å². The maximum Gasteiger partial charge on any atom is 0.226 e. The Hall–Kier alpha value is -2.30. The van der Waals surface area contributed by atoms with Crippen molar-refractivity contribution in [2.24, 2.45) is 7.05 Å². The summed E-state index contributed by atoms with van der Waals surface area (Å²) in [6.07, 6.45) is 2.23. The number of hydrogen-bond donors (Lipinski definition) is 1. The van der Waals surface area contributed by atoms with Crippen LogP contribution >= 0.6 is 0 Å². The minimum absolute atomic E-state index is 0.00593. The number of carbonyl (C=O) groups excluding carboxylic acids is 1. The molecule has 2 heterocycles. The number of para-hydroxylation sites is 1. The van der Waals surface area contributed by atoms with E-state index in [0.717, 1.165) is 22.7 Å². The Morgan fingerprint density at radius 2 is 2.16 bits per heavy atom. The maximum absolute atomic E-state index is 11.9. The van der Waals surface area contributed by atoms with E-state index in [1.807, 2.05) is 37.5 Å². The van der Waals surface area contributed by atoms with E-state index in [0.29, 0.717) is 6.42 Å². The molecular formula is C14H15N3O2. The lowest BCUT2D eigenvalue weighted by atomic mass is 9.87. The maximum atomic E-state index is 11.9. The molecular weight excluding hydrogens is 242 g/mol. The van der Waals surface area contributed by atoms with Crippen LogP contribution in [0.1, 0.15) is 23.5 Å². The number of ether oxygens (including phenoxy) is 1. The topological polar surface area (TPSA) is 56.1 Å². The van der Waals surface area contributed by atoms with Crippen molar-refractivity contribution in [3.05, 3.63) is 41.6 Å². The number of anilines is 1. The molecule has 1 N–H and O–H groups in total. The van der Waals surface area contributed by atoms with E-state index in [4.69, 9.17) is 4.74 Å². The number of carbonyl (C=O) groups is 1. The molecule has 0 radical (unpaired) electrons. The molecule has 0 saturated carbocycles. The molecule has 1 aromatic carbocycles. The van der Waals surface area contributed by atoms with Crippen LogP contribution in [0.25, 0.3) is 0 Å². The van der Waals surface area contributed by atoms with Crippen LogP contribution in [0.15, 0.2) is 30.5 Å². The molecule has 0 bridgehead atoms. The van der Waals surface area contributed by atoms with Gasteiger partial charge in [-0.3, -0.25) is 9.48 Å². The Morgan fingerprint density at radius 1 is 1.37 bits per heavy atom. The molecule has 0 fully saturated rings. The molecule has 0 spiro atoms. The van der Waals surface area contributed by atoms with Crippen LogP contribution in [0.3, 0.4) is 0 Å². The van der Waals surface area contributed by atoms with Gasteiger partial charge in [0, 0.05) is 30.5 Å². The molecule has 19 heavy (non-hydrogen) atoms. The van der Waals surface area contributed by atoms with Gasteiger partial charge in [-0.25, -0.2) is 0 Å². The number of nitrogens with zero attached hydrogens (tertiary/aromatic N) is 2. The fraction of sp³-hybridized carbons (Fsp3) is 0.286. The standard InChI is InChI=1S/C14H15N3O2/c1-17-14-11(8-15-17)10(7-13(18)16-14)9-5-3-4-6-12(9)19-2/h3-6,8,10H,7H2,1-2H3,(H,16,18)/t10-/m0/s1. The molecule has 1 aliphatic rings. The highest BCUT2D eigenvalue weighted by molar-refractivity contribution is 5.94. The van der Waals surface area contributed by atoms with E-state index in [2.05, 4.69) is 10.4 Å². The van der Waals surface area contributed by atoms with E-state index >= 15 is 0 Å². The van der Waals surface area contributed by atoms with Crippen LogP contribution in [-0.4, -0.2) is 22.8 Å². The molecule has 1 amide bonds. The zero-order chi connectivity index (χ0) is 13.4. The number of methoxy groups -OCH3 is 1. The highest BCUT2D eigenvalue weighted by atomic mass is 16.5. The summed E-state index contributed by atoms with van der Waals surface area (Å²) in [5.41, 5.74) is 2.06. The predicted molar refractivity (Wildman–Crippen MR) is 71.3 cm³/mol. The fourth-order valence-electron chi connectivity index (χ4n) is 2.57. The van der Waals surface area contributed by atoms with Gasteiger partial charge in [0.1, 0.15) is 11.6 Å². The second kappa shape index (κ2) is 4.42. The first-order chi connectivity index (χ1) is 9.20. The molecule has 1 aromatic heterocycles. The number of aromatic nitrogens is 2. The zero-order valence-corrected chi connectivity index (χ0v) is 10.9. The third-order valence-electron chi connectivity index (χ3n) is 3.50. The molecule has 1 aliphatic heterocycles. The van der Waals surface area contributed by atoms with E-state index < -0.39 is 0 Å². The summed E-state index contributed by atoms with van der Waals surface area (Å²) in [7, 11) is 3.47. The van der Waals surface area contributed by atoms with Crippen LogP contribution in [0, 0.1) is 0 Å². The number of rotatable bonds is 2. The number of fused-ring (bicyclic) bond motifs is 1. The van der Waals surface area contributed by atoms with Crippen molar-refractivity contribution in [3.63, 3.8) is 0 Å². The average molecular weight is 257 g/mol. The van der Waals surface area contributed by atoms with Crippen molar-refractivity contribution in [3.8, 4) is 5.75 Å². The number of hydrogen-bond acceptors (Lipinski definition) is 3. The Balaban J connectivity index is 2.13. The number of aryl methyl sites for hydroxylation is 1. The normalized spacial score (nSPS) is 17.8. The SMILES string of the molecule is COc1ccccc1[C@@H]1CC(=O)Nc2c1cnn2C. The van der Waals surface area contributed by atoms with Crippen molar-refractivity contribution >= 4 is 11.7 Å². The molecule has 3 rings (SSSR count). The van der Waals surface area contributed by atoms with Crippen molar-refractivity contribution in [1.82, 2.24) is 9.78 Å². The first-order valence-corrected chi connectivity index (χ1v) is 6.15. The van der Waals surface area contributed by atoms with Gasteiger partial charge >= 0.3 is 0 Å². The average Bonchev–Trinajstić information content (AvgIpc) is 2.79. The molecule has 0 saturated heterocycles. The Bertz CT molecular complexity index is 633. The lowest BCUT2D eigenvalue weighted by molar-refractivity contribution is -0.116. The van der Waals surface area contributed by atoms with Crippen LogP contribution in [-0.2, 0) is 11.8 Å². The predicted octanol–water partition coefficient (Wildman–Crippen LogP) is 1.90. The molecule has 0 aliphatic carbocycles. The minimum Gasteiger partial charge on any atom is -0.496 e. The van der Waals surface area contributed by atoms with E-state index in [1.54, 1.807) is 11.8 Å². The van der Waals surface area contributed by atoms with Gasteiger partial charge in [0.25, 0.3) is 0 Å². The van der Waals surface area contributed by atoms with E-state index in [1.165, 1.54) is 0 Å². The lowest BCUT2D eigenvalue weighted by Crippen LogP contribution is -2.24. The number of amides is 1. The molecule has 98 valence electrons. The summed E-state index contributed by atoms with van der Waals surface area (Å²) >= 11 is 0. The Kier molecular flexibility index (Phi) is 2.74. The van der Waals surface area contributed by atoms with Gasteiger partial charge in [-0.1, -0.05) is 18.2 Å². The lowest BCUT2D eigenvalue weighted by Gasteiger charge is -2.24. The third kappa shape index (κ3) is 1.87. The van der Waals surface area contributed by atoms with Gasteiger partial charge < -0.3 is 10.1 Å². The van der Waals surface area contributed by atoms with Crippen molar-refractivity contribution in [1.29, 1.82) is 0 Å². The second-order valence-electron chi connectivity index (χ2n) is 4.62. The highest BCUT2D eigenvalue weighted by Gasteiger charge is 2.30. The summed E-state index contributed by atoms with van der Waals surface area (Å²) in [4.78, 5) is 11.9.